The molecule has 3 rings (SSSR count). The van der Waals surface area contributed by atoms with Gasteiger partial charge in [0.2, 0.25) is 5.91 Å². The number of hydrogen-bond donors (Lipinski definition) is 1. The van der Waals surface area contributed by atoms with Gasteiger partial charge in [-0.2, -0.15) is 0 Å². The highest BCUT2D eigenvalue weighted by atomic mass is 19.2. The van der Waals surface area contributed by atoms with Crippen LogP contribution in [0.15, 0.2) is 42.5 Å². The number of imide groups is 1. The van der Waals surface area contributed by atoms with Crippen molar-refractivity contribution in [2.45, 2.75) is 25.9 Å². The lowest BCUT2D eigenvalue weighted by Crippen LogP contribution is -2.43. The van der Waals surface area contributed by atoms with E-state index in [-0.39, 0.29) is 5.56 Å². The second kappa shape index (κ2) is 7.62. The van der Waals surface area contributed by atoms with Gasteiger partial charge in [0.25, 0.3) is 5.91 Å². The highest BCUT2D eigenvalue weighted by Crippen LogP contribution is 2.29. The Kier molecular flexibility index (Phi) is 5.37. The molecule has 1 atom stereocenters. The van der Waals surface area contributed by atoms with Gasteiger partial charge in [0.05, 0.1) is 0 Å². The number of carbonyl (C=O) groups excluding carboxylic acids is 3. The van der Waals surface area contributed by atoms with Crippen molar-refractivity contribution in [1.29, 1.82) is 0 Å². The highest BCUT2D eigenvalue weighted by molar-refractivity contribution is 6.09. The molecule has 1 aliphatic rings. The molecule has 4 amide bonds. The molecule has 152 valence electrons. The molecule has 0 saturated carbocycles. The summed E-state index contributed by atoms with van der Waals surface area (Å²) in [6, 6.07) is 9.80. The van der Waals surface area contributed by atoms with E-state index in [9.17, 15) is 23.2 Å². The number of amides is 4. The Balaban J connectivity index is 1.75. The summed E-state index contributed by atoms with van der Waals surface area (Å²) < 4.78 is 26.8. The molecule has 1 aliphatic heterocycles. The second-order valence-corrected chi connectivity index (χ2v) is 7.25. The Morgan fingerprint density at radius 3 is 2.48 bits per heavy atom. The number of nitrogens with zero attached hydrogens (tertiary/aromatic N) is 2. The monoisotopic (exact) mass is 401 g/mol. The average molecular weight is 401 g/mol. The van der Waals surface area contributed by atoms with E-state index in [0.717, 1.165) is 28.2 Å². The topological polar surface area (TPSA) is 69.7 Å². The average Bonchev–Trinajstić information content (AvgIpc) is 2.89. The van der Waals surface area contributed by atoms with Crippen molar-refractivity contribution in [2.75, 3.05) is 13.6 Å². The van der Waals surface area contributed by atoms with Crippen LogP contribution in [0.2, 0.25) is 0 Å². The maximum absolute atomic E-state index is 13.6. The molecule has 0 radical (unpaired) electrons. The molecule has 2 aromatic rings. The minimum absolute atomic E-state index is 0.0953. The smallest absolute Gasteiger partial charge is 0.325 e. The van der Waals surface area contributed by atoms with Crippen molar-refractivity contribution in [3.05, 3.63) is 70.8 Å². The summed E-state index contributed by atoms with van der Waals surface area (Å²) in [6.07, 6.45) is 0. The second-order valence-electron chi connectivity index (χ2n) is 7.25. The molecule has 0 bridgehead atoms. The maximum atomic E-state index is 13.6. The summed E-state index contributed by atoms with van der Waals surface area (Å²) in [5, 5.41) is 2.47. The van der Waals surface area contributed by atoms with Gasteiger partial charge in [0.15, 0.2) is 11.6 Å². The molecule has 1 fully saturated rings. The lowest BCUT2D eigenvalue weighted by atomic mass is 9.92. The zero-order chi connectivity index (χ0) is 21.3. The van der Waals surface area contributed by atoms with Crippen molar-refractivity contribution in [1.82, 2.24) is 15.1 Å². The zero-order valence-electron chi connectivity index (χ0n) is 16.3. The number of benzene rings is 2. The van der Waals surface area contributed by atoms with Crippen LogP contribution in [-0.2, 0) is 21.7 Å². The molecule has 2 aromatic carbocycles. The Morgan fingerprint density at radius 2 is 1.83 bits per heavy atom. The fourth-order valence-corrected chi connectivity index (χ4v) is 3.23. The quantitative estimate of drug-likeness (QED) is 0.784. The number of likely N-dealkylation sites (N-methyl/N-ethyl adjacent to an activating group) is 1. The van der Waals surface area contributed by atoms with E-state index >= 15 is 0 Å². The molecule has 0 spiro atoms. The fourth-order valence-electron chi connectivity index (χ4n) is 3.23. The van der Waals surface area contributed by atoms with Crippen LogP contribution in [0, 0.1) is 18.6 Å². The lowest BCUT2D eigenvalue weighted by molar-refractivity contribution is -0.138. The van der Waals surface area contributed by atoms with E-state index in [0.29, 0.717) is 6.54 Å². The van der Waals surface area contributed by atoms with Gasteiger partial charge in [-0.3, -0.25) is 14.5 Å². The van der Waals surface area contributed by atoms with E-state index in [1.54, 1.807) is 7.05 Å². The first-order valence-corrected chi connectivity index (χ1v) is 9.01. The maximum Gasteiger partial charge on any atom is 0.325 e. The van der Waals surface area contributed by atoms with Crippen LogP contribution in [-0.4, -0.2) is 41.2 Å². The summed E-state index contributed by atoms with van der Waals surface area (Å²) in [5.74, 6) is -3.31. The summed E-state index contributed by atoms with van der Waals surface area (Å²) in [4.78, 5) is 40.0. The van der Waals surface area contributed by atoms with Crippen LogP contribution < -0.4 is 5.32 Å². The van der Waals surface area contributed by atoms with Gasteiger partial charge in [-0.05, 0) is 42.7 Å². The van der Waals surface area contributed by atoms with Crippen LogP contribution in [0.3, 0.4) is 0 Å². The number of rotatable bonds is 5. The number of urea groups is 1. The fraction of sp³-hybridized carbons (Fsp3) is 0.286. The van der Waals surface area contributed by atoms with Gasteiger partial charge < -0.3 is 10.2 Å². The molecule has 1 unspecified atom stereocenters. The van der Waals surface area contributed by atoms with E-state index in [1.807, 2.05) is 31.2 Å². The predicted octanol–water partition coefficient (Wildman–Crippen LogP) is 2.70. The van der Waals surface area contributed by atoms with Crippen molar-refractivity contribution in [2.24, 2.45) is 0 Å². The zero-order valence-corrected chi connectivity index (χ0v) is 16.3. The summed E-state index contributed by atoms with van der Waals surface area (Å²) in [6.45, 7) is 3.20. The third kappa shape index (κ3) is 3.83. The van der Waals surface area contributed by atoms with E-state index in [4.69, 9.17) is 0 Å². The molecule has 1 saturated heterocycles. The van der Waals surface area contributed by atoms with Crippen molar-refractivity contribution in [3.8, 4) is 0 Å². The first-order chi connectivity index (χ1) is 13.6. The SMILES string of the molecule is Cc1ccccc1CN(C)C(=O)CN1C(=O)NC(C)(c2ccc(F)c(F)c2)C1=O. The van der Waals surface area contributed by atoms with Crippen molar-refractivity contribution in [3.63, 3.8) is 0 Å². The van der Waals surface area contributed by atoms with Crippen LogP contribution >= 0.6 is 0 Å². The first-order valence-electron chi connectivity index (χ1n) is 9.01. The lowest BCUT2D eigenvalue weighted by Gasteiger charge is -2.23. The minimum atomic E-state index is -1.58. The largest absolute Gasteiger partial charge is 0.340 e. The Bertz CT molecular complexity index is 995. The van der Waals surface area contributed by atoms with Crippen molar-refractivity contribution >= 4 is 17.8 Å². The molecule has 1 heterocycles. The van der Waals surface area contributed by atoms with Gasteiger partial charge in [-0.25, -0.2) is 13.6 Å². The first kappa shape index (κ1) is 20.4. The predicted molar refractivity (Wildman–Crippen MR) is 102 cm³/mol. The normalized spacial score (nSPS) is 18.7. The Labute approximate surface area is 167 Å². The van der Waals surface area contributed by atoms with Crippen LogP contribution in [0.4, 0.5) is 13.6 Å². The third-order valence-corrected chi connectivity index (χ3v) is 5.16. The van der Waals surface area contributed by atoms with Crippen LogP contribution in [0.25, 0.3) is 0 Å². The molecule has 29 heavy (non-hydrogen) atoms. The summed E-state index contributed by atoms with van der Waals surface area (Å²) in [7, 11) is 1.59. The number of carbonyl (C=O) groups is 3. The highest BCUT2D eigenvalue weighted by Gasteiger charge is 2.49. The van der Waals surface area contributed by atoms with Gasteiger partial charge in [0.1, 0.15) is 12.1 Å². The van der Waals surface area contributed by atoms with Gasteiger partial charge in [0, 0.05) is 13.6 Å². The number of halogens is 2. The molecule has 1 N–H and O–H groups in total. The van der Waals surface area contributed by atoms with Crippen LogP contribution in [0.1, 0.15) is 23.6 Å². The van der Waals surface area contributed by atoms with E-state index in [2.05, 4.69) is 5.32 Å². The Morgan fingerprint density at radius 1 is 1.14 bits per heavy atom. The molecule has 0 aromatic heterocycles. The molecular weight excluding hydrogens is 380 g/mol. The van der Waals surface area contributed by atoms with E-state index < -0.39 is 41.6 Å². The Hall–Kier alpha value is -3.29. The van der Waals surface area contributed by atoms with Gasteiger partial charge in [-0.1, -0.05) is 30.3 Å². The third-order valence-electron chi connectivity index (χ3n) is 5.16. The summed E-state index contributed by atoms with van der Waals surface area (Å²) in [5.41, 5.74) is 0.485. The van der Waals surface area contributed by atoms with Gasteiger partial charge >= 0.3 is 6.03 Å². The number of hydrogen-bond acceptors (Lipinski definition) is 3. The molecule has 8 heteroatoms. The standard InChI is InChI=1S/C21H21F2N3O3/c1-13-6-4-5-7-14(13)11-25(3)18(27)12-26-19(28)21(2,24-20(26)29)15-8-9-16(22)17(23)10-15/h4-10H,11-12H2,1-3H3,(H,24,29). The molecule has 6 nitrogen and oxygen atoms in total. The van der Waals surface area contributed by atoms with Gasteiger partial charge in [-0.15, -0.1) is 0 Å². The molecular formula is C21H21F2N3O3. The number of aryl methyl sites for hydroxylation is 1. The van der Waals surface area contributed by atoms with Crippen LogP contribution in [0.5, 0.6) is 0 Å². The minimum Gasteiger partial charge on any atom is -0.340 e. The summed E-state index contributed by atoms with van der Waals surface area (Å²) >= 11 is 0. The number of nitrogens with one attached hydrogen (secondary N) is 1. The van der Waals surface area contributed by atoms with Crippen molar-refractivity contribution < 1.29 is 23.2 Å². The molecule has 0 aliphatic carbocycles. The van der Waals surface area contributed by atoms with E-state index in [1.165, 1.54) is 17.9 Å².